The van der Waals surface area contributed by atoms with Gasteiger partial charge in [-0.1, -0.05) is 13.3 Å². The molecular weight excluding hydrogens is 256 g/mol. The molecule has 2 N–H and O–H groups in total. The van der Waals surface area contributed by atoms with E-state index in [0.717, 1.165) is 24.2 Å². The summed E-state index contributed by atoms with van der Waals surface area (Å²) in [5.41, 5.74) is 7.02. The molecule has 1 heterocycles. The van der Waals surface area contributed by atoms with Gasteiger partial charge in [-0.25, -0.2) is 0 Å². The molecule has 0 unspecified atom stereocenters. The first kappa shape index (κ1) is 16.2. The van der Waals surface area contributed by atoms with Gasteiger partial charge in [-0.2, -0.15) is 5.10 Å². The van der Waals surface area contributed by atoms with Crippen LogP contribution < -0.4 is 5.73 Å². The van der Waals surface area contributed by atoms with E-state index >= 15 is 0 Å². The van der Waals surface area contributed by atoms with E-state index in [0.29, 0.717) is 6.54 Å². The fourth-order valence-corrected chi connectivity index (χ4v) is 2.21. The number of nitrogens with zero attached hydrogens (tertiary/aromatic N) is 3. The smallest absolute Gasteiger partial charge is 0.247 e. The Hall–Kier alpha value is -1.85. The molecule has 0 aromatic carbocycles. The fourth-order valence-electron chi connectivity index (χ4n) is 2.21. The van der Waals surface area contributed by atoms with Gasteiger partial charge < -0.3 is 10.6 Å². The van der Waals surface area contributed by atoms with Crippen molar-refractivity contribution in [2.75, 3.05) is 13.1 Å². The number of primary amides is 1. The summed E-state index contributed by atoms with van der Waals surface area (Å²) in [7, 11) is 0. The Bertz CT molecular complexity index is 482. The summed E-state index contributed by atoms with van der Waals surface area (Å²) < 4.78 is 1.69. The van der Waals surface area contributed by atoms with Gasteiger partial charge in [-0.15, -0.1) is 0 Å². The monoisotopic (exact) mass is 280 g/mol. The van der Waals surface area contributed by atoms with Crippen LogP contribution in [0, 0.1) is 13.8 Å². The predicted molar refractivity (Wildman–Crippen MR) is 77.1 cm³/mol. The molecule has 0 bridgehead atoms. The average Bonchev–Trinajstić information content (AvgIpc) is 2.71. The number of amides is 2. The summed E-state index contributed by atoms with van der Waals surface area (Å²) in [5.74, 6) is -0.613. The van der Waals surface area contributed by atoms with Crippen LogP contribution in [0.2, 0.25) is 0 Å². The first-order valence-corrected chi connectivity index (χ1v) is 6.96. The van der Waals surface area contributed by atoms with Gasteiger partial charge in [-0.05, 0) is 33.3 Å². The highest BCUT2D eigenvalue weighted by molar-refractivity contribution is 5.85. The third-order valence-electron chi connectivity index (χ3n) is 3.21. The van der Waals surface area contributed by atoms with Crippen molar-refractivity contribution in [3.05, 3.63) is 17.5 Å². The van der Waals surface area contributed by atoms with Gasteiger partial charge in [0.1, 0.15) is 6.04 Å². The van der Waals surface area contributed by atoms with Gasteiger partial charge in [0.2, 0.25) is 11.8 Å². The van der Waals surface area contributed by atoms with Crippen molar-refractivity contribution in [1.82, 2.24) is 14.7 Å². The van der Waals surface area contributed by atoms with Crippen molar-refractivity contribution in [1.29, 1.82) is 0 Å². The lowest BCUT2D eigenvalue weighted by molar-refractivity contribution is -0.138. The Labute approximate surface area is 119 Å². The number of aryl methyl sites for hydroxylation is 2. The number of carbonyl (C=O) groups excluding carboxylic acids is 2. The number of rotatable bonds is 7. The Morgan fingerprint density at radius 1 is 1.45 bits per heavy atom. The van der Waals surface area contributed by atoms with Gasteiger partial charge in [0.25, 0.3) is 0 Å². The molecule has 0 saturated carbocycles. The van der Waals surface area contributed by atoms with Gasteiger partial charge in [0.05, 0.1) is 12.2 Å². The maximum atomic E-state index is 12.5. The lowest BCUT2D eigenvalue weighted by atomic mass is 10.2. The van der Waals surface area contributed by atoms with Crippen LogP contribution in [0.3, 0.4) is 0 Å². The van der Waals surface area contributed by atoms with Crippen LogP contribution in [0.25, 0.3) is 0 Å². The lowest BCUT2D eigenvalue weighted by Crippen LogP contribution is -2.42. The zero-order chi connectivity index (χ0) is 15.3. The van der Waals surface area contributed by atoms with Crippen LogP contribution in [0.15, 0.2) is 6.07 Å². The fraction of sp³-hybridized carbons (Fsp3) is 0.643. The topological polar surface area (TPSA) is 81.2 Å². The molecule has 1 aromatic rings. The zero-order valence-electron chi connectivity index (χ0n) is 12.7. The summed E-state index contributed by atoms with van der Waals surface area (Å²) in [6.07, 6.45) is 1.81. The molecular formula is C14H24N4O2. The van der Waals surface area contributed by atoms with Crippen molar-refractivity contribution < 1.29 is 9.59 Å². The molecule has 0 saturated heterocycles. The number of hydrogen-bond donors (Lipinski definition) is 1. The summed E-state index contributed by atoms with van der Waals surface area (Å²) >= 11 is 0. The molecule has 112 valence electrons. The Balaban J connectivity index is 2.87. The molecule has 1 rings (SSSR count). The van der Waals surface area contributed by atoms with E-state index in [-0.39, 0.29) is 12.5 Å². The highest BCUT2D eigenvalue weighted by Gasteiger charge is 2.24. The van der Waals surface area contributed by atoms with Gasteiger partial charge in [0.15, 0.2) is 0 Å². The molecule has 1 atom stereocenters. The molecule has 0 spiro atoms. The summed E-state index contributed by atoms with van der Waals surface area (Å²) in [5, 5.41) is 4.33. The molecule has 20 heavy (non-hydrogen) atoms. The molecule has 0 aliphatic heterocycles. The second-order valence-corrected chi connectivity index (χ2v) is 5.13. The Morgan fingerprint density at radius 2 is 2.10 bits per heavy atom. The van der Waals surface area contributed by atoms with Crippen LogP contribution in [0.1, 0.15) is 44.1 Å². The maximum Gasteiger partial charge on any atom is 0.247 e. The zero-order valence-corrected chi connectivity index (χ0v) is 12.7. The second kappa shape index (κ2) is 7.07. The van der Waals surface area contributed by atoms with Crippen molar-refractivity contribution in [3.8, 4) is 0 Å². The Kier molecular flexibility index (Phi) is 5.73. The second-order valence-electron chi connectivity index (χ2n) is 5.13. The van der Waals surface area contributed by atoms with Crippen molar-refractivity contribution in [2.45, 2.75) is 46.6 Å². The van der Waals surface area contributed by atoms with E-state index in [1.165, 1.54) is 4.90 Å². The average molecular weight is 280 g/mol. The minimum Gasteiger partial charge on any atom is -0.368 e. The Morgan fingerprint density at radius 3 is 2.55 bits per heavy atom. The van der Waals surface area contributed by atoms with E-state index in [2.05, 4.69) is 5.10 Å². The number of unbranched alkanes of at least 4 members (excludes halogenated alkanes) is 1. The molecule has 0 aliphatic carbocycles. The third-order valence-corrected chi connectivity index (χ3v) is 3.21. The third kappa shape index (κ3) is 4.08. The number of hydrogen-bond acceptors (Lipinski definition) is 3. The molecule has 0 fully saturated rings. The number of carbonyl (C=O) groups is 2. The van der Waals surface area contributed by atoms with Crippen molar-refractivity contribution in [2.24, 2.45) is 5.73 Å². The summed E-state index contributed by atoms with van der Waals surface area (Å²) in [6.45, 7) is 8.14. The van der Waals surface area contributed by atoms with Crippen molar-refractivity contribution >= 4 is 11.8 Å². The first-order chi connectivity index (χ1) is 9.36. The van der Waals surface area contributed by atoms with Crippen LogP contribution >= 0.6 is 0 Å². The van der Waals surface area contributed by atoms with Gasteiger partial charge in [0, 0.05) is 12.2 Å². The normalized spacial score (nSPS) is 12.2. The largest absolute Gasteiger partial charge is 0.368 e. The molecule has 1 aromatic heterocycles. The highest BCUT2D eigenvalue weighted by atomic mass is 16.2. The number of nitrogens with two attached hydrogens (primary N) is 1. The highest BCUT2D eigenvalue weighted by Crippen LogP contribution is 2.14. The maximum absolute atomic E-state index is 12.5. The van der Waals surface area contributed by atoms with E-state index in [9.17, 15) is 9.59 Å². The number of aromatic nitrogens is 2. The molecule has 0 aliphatic rings. The summed E-state index contributed by atoms with van der Waals surface area (Å²) in [6, 6.07) is 1.49. The SMILES string of the molecule is CCCCN(CC(N)=O)C(=O)[C@H](C)n1nc(C)cc1C. The quantitative estimate of drug-likeness (QED) is 0.814. The van der Waals surface area contributed by atoms with Crippen LogP contribution in [0.5, 0.6) is 0 Å². The minimum absolute atomic E-state index is 0.0392. The van der Waals surface area contributed by atoms with E-state index in [1.807, 2.05) is 26.8 Å². The summed E-state index contributed by atoms with van der Waals surface area (Å²) in [4.78, 5) is 25.1. The van der Waals surface area contributed by atoms with E-state index in [4.69, 9.17) is 5.73 Å². The minimum atomic E-state index is -0.491. The van der Waals surface area contributed by atoms with Gasteiger partial charge >= 0.3 is 0 Å². The standard InChI is InChI=1S/C14H24N4O2/c1-5-6-7-17(9-13(15)19)14(20)12(4)18-11(3)8-10(2)16-18/h8,12H,5-7,9H2,1-4H3,(H2,15,19)/t12-/m0/s1. The van der Waals surface area contributed by atoms with Crippen LogP contribution in [0.4, 0.5) is 0 Å². The van der Waals surface area contributed by atoms with Gasteiger partial charge in [-0.3, -0.25) is 14.3 Å². The molecule has 6 nitrogen and oxygen atoms in total. The lowest BCUT2D eigenvalue weighted by Gasteiger charge is -2.25. The molecule has 0 radical (unpaired) electrons. The van der Waals surface area contributed by atoms with E-state index in [1.54, 1.807) is 11.6 Å². The molecule has 6 heteroatoms. The van der Waals surface area contributed by atoms with Crippen LogP contribution in [-0.4, -0.2) is 39.6 Å². The predicted octanol–water partition coefficient (Wildman–Crippen LogP) is 1.17. The van der Waals surface area contributed by atoms with Crippen LogP contribution in [-0.2, 0) is 9.59 Å². The van der Waals surface area contributed by atoms with E-state index < -0.39 is 11.9 Å². The first-order valence-electron chi connectivity index (χ1n) is 6.96. The van der Waals surface area contributed by atoms with Crippen molar-refractivity contribution in [3.63, 3.8) is 0 Å². The molecule has 2 amide bonds.